The lowest BCUT2D eigenvalue weighted by Gasteiger charge is -2.39. The average molecular weight is 490 g/mol. The number of ether oxygens (including phenoxy) is 1. The molecule has 8 heteroatoms. The van der Waals surface area contributed by atoms with Crippen molar-refractivity contribution in [2.45, 2.75) is 44.5 Å². The highest BCUT2D eigenvalue weighted by molar-refractivity contribution is 5.85. The largest absolute Gasteiger partial charge is 0.488 e. The number of aromatic nitrogens is 1. The van der Waals surface area contributed by atoms with Crippen LogP contribution in [0.4, 0.5) is 17.6 Å². The van der Waals surface area contributed by atoms with E-state index in [1.807, 2.05) is 34.1 Å². The van der Waals surface area contributed by atoms with E-state index in [1.54, 1.807) is 0 Å². The zero-order chi connectivity index (χ0) is 24.7. The van der Waals surface area contributed by atoms with Gasteiger partial charge in [0.15, 0.2) is 0 Å². The van der Waals surface area contributed by atoms with E-state index in [0.717, 1.165) is 16.5 Å². The number of para-hydroxylation sites is 1. The fraction of sp³-hybridized carbons (Fsp3) is 0.481. The van der Waals surface area contributed by atoms with E-state index in [9.17, 15) is 8.78 Å². The second-order valence-electron chi connectivity index (χ2n) is 10.2. The van der Waals surface area contributed by atoms with Gasteiger partial charge in [0.25, 0.3) is 0 Å². The molecule has 1 fully saturated rings. The summed E-state index contributed by atoms with van der Waals surface area (Å²) in [6.07, 6.45) is 0.948. The zero-order valence-electron chi connectivity index (χ0n) is 20.1. The second kappa shape index (κ2) is 9.47. The molecule has 2 aliphatic rings. The summed E-state index contributed by atoms with van der Waals surface area (Å²) in [7, 11) is 0. The van der Waals surface area contributed by atoms with Crippen molar-refractivity contribution in [2.75, 3.05) is 39.4 Å². The van der Waals surface area contributed by atoms with Crippen molar-refractivity contribution < 1.29 is 22.3 Å². The average Bonchev–Trinajstić information content (AvgIpc) is 3.13. The lowest BCUT2D eigenvalue weighted by molar-refractivity contribution is 0.0180. The van der Waals surface area contributed by atoms with E-state index in [4.69, 9.17) is 4.74 Å². The van der Waals surface area contributed by atoms with E-state index >= 15 is 8.78 Å². The first kappa shape index (κ1) is 24.1. The molecule has 2 aliphatic heterocycles. The van der Waals surface area contributed by atoms with Crippen LogP contribution in [0.15, 0.2) is 36.4 Å². The summed E-state index contributed by atoms with van der Waals surface area (Å²) < 4.78 is 64.0. The number of fused-ring (bicyclic) bond motifs is 3. The molecule has 0 spiro atoms. The van der Waals surface area contributed by atoms with Crippen LogP contribution in [0.3, 0.4) is 0 Å². The Labute approximate surface area is 202 Å². The smallest absolute Gasteiger partial charge is 0.135 e. The van der Waals surface area contributed by atoms with Crippen molar-refractivity contribution in [3.05, 3.63) is 64.9 Å². The van der Waals surface area contributed by atoms with Gasteiger partial charge < -0.3 is 9.72 Å². The van der Waals surface area contributed by atoms with Crippen LogP contribution in [-0.4, -0.2) is 66.0 Å². The zero-order valence-corrected chi connectivity index (χ0v) is 20.1. The van der Waals surface area contributed by atoms with Crippen molar-refractivity contribution >= 4 is 10.9 Å². The van der Waals surface area contributed by atoms with Gasteiger partial charge in [-0.2, -0.15) is 0 Å². The molecular weight excluding hydrogens is 458 g/mol. The van der Waals surface area contributed by atoms with E-state index in [1.165, 1.54) is 26.0 Å². The van der Waals surface area contributed by atoms with Gasteiger partial charge in [0.2, 0.25) is 0 Å². The third kappa shape index (κ3) is 4.91. The molecule has 1 saturated heterocycles. The Balaban J connectivity index is 1.46. The molecule has 1 aromatic heterocycles. The Morgan fingerprint density at radius 2 is 1.83 bits per heavy atom. The van der Waals surface area contributed by atoms with Gasteiger partial charge in [-0.1, -0.05) is 18.2 Å². The Morgan fingerprint density at radius 3 is 2.51 bits per heavy atom. The minimum atomic E-state index is -1.53. The number of nitrogens with zero attached hydrogens (tertiary/aromatic N) is 2. The van der Waals surface area contributed by atoms with Crippen molar-refractivity contribution in [1.29, 1.82) is 0 Å². The molecule has 0 bridgehead atoms. The maximum absolute atomic E-state index is 15.6. The standard InChI is InChI=1S/C27H31F4N3O/c1-27(2,31)16-34-11-8-20-19-6-3-4-7-23(19)32-25(20)26(34)24-21(29)12-17(13-22(24)30)35-18-14-33(15-18)10-5-9-28/h3-4,6-7,12-13,18,26,32H,5,8-11,14-16H2,1-2H3. The summed E-state index contributed by atoms with van der Waals surface area (Å²) in [5.41, 5.74) is 0.978. The molecule has 35 heavy (non-hydrogen) atoms. The molecule has 1 unspecified atom stereocenters. The minimum Gasteiger partial charge on any atom is -0.488 e. The van der Waals surface area contributed by atoms with E-state index < -0.39 is 23.3 Å². The molecule has 188 valence electrons. The second-order valence-corrected chi connectivity index (χ2v) is 10.2. The Morgan fingerprint density at radius 1 is 1.11 bits per heavy atom. The Hall–Kier alpha value is -2.58. The number of hydrogen-bond acceptors (Lipinski definition) is 3. The molecule has 0 aliphatic carbocycles. The van der Waals surface area contributed by atoms with Gasteiger partial charge in [-0.25, -0.2) is 13.2 Å². The van der Waals surface area contributed by atoms with Crippen LogP contribution in [0, 0.1) is 11.6 Å². The van der Waals surface area contributed by atoms with Crippen LogP contribution in [0.1, 0.15) is 43.1 Å². The first-order valence-corrected chi connectivity index (χ1v) is 12.2. The maximum Gasteiger partial charge on any atom is 0.135 e. The summed E-state index contributed by atoms with van der Waals surface area (Å²) in [6, 6.07) is 9.44. The lowest BCUT2D eigenvalue weighted by Crippen LogP contribution is -2.53. The van der Waals surface area contributed by atoms with Crippen molar-refractivity contribution in [3.63, 3.8) is 0 Å². The third-order valence-electron chi connectivity index (χ3n) is 6.87. The summed E-state index contributed by atoms with van der Waals surface area (Å²) in [5, 5.41) is 1.02. The number of hydrogen-bond donors (Lipinski definition) is 1. The first-order chi connectivity index (χ1) is 16.7. The molecule has 2 aromatic carbocycles. The van der Waals surface area contributed by atoms with Crippen LogP contribution in [0.25, 0.3) is 10.9 Å². The number of rotatable bonds is 8. The molecule has 1 atom stereocenters. The fourth-order valence-electron chi connectivity index (χ4n) is 5.42. The Kier molecular flexibility index (Phi) is 6.53. The molecule has 3 heterocycles. The highest BCUT2D eigenvalue weighted by Gasteiger charge is 2.38. The third-order valence-corrected chi connectivity index (χ3v) is 6.87. The molecule has 3 aromatic rings. The van der Waals surface area contributed by atoms with E-state index in [0.29, 0.717) is 44.7 Å². The molecule has 0 radical (unpaired) electrons. The predicted molar refractivity (Wildman–Crippen MR) is 128 cm³/mol. The number of likely N-dealkylation sites (tertiary alicyclic amines) is 1. The summed E-state index contributed by atoms with van der Waals surface area (Å²) in [4.78, 5) is 7.22. The van der Waals surface area contributed by atoms with Crippen LogP contribution in [-0.2, 0) is 6.42 Å². The predicted octanol–water partition coefficient (Wildman–Crippen LogP) is 5.56. The summed E-state index contributed by atoms with van der Waals surface area (Å²) in [6.45, 7) is 4.97. The fourth-order valence-corrected chi connectivity index (χ4v) is 5.42. The number of benzene rings is 2. The van der Waals surface area contributed by atoms with E-state index in [2.05, 4.69) is 4.98 Å². The highest BCUT2D eigenvalue weighted by atomic mass is 19.1. The van der Waals surface area contributed by atoms with Gasteiger partial charge in [0.05, 0.1) is 12.7 Å². The van der Waals surface area contributed by atoms with E-state index in [-0.39, 0.29) is 30.6 Å². The van der Waals surface area contributed by atoms with Crippen LogP contribution in [0.2, 0.25) is 0 Å². The van der Waals surface area contributed by atoms with Crippen LogP contribution < -0.4 is 4.74 Å². The molecule has 4 nitrogen and oxygen atoms in total. The van der Waals surface area contributed by atoms with Gasteiger partial charge in [-0.05, 0) is 38.3 Å². The number of alkyl halides is 2. The Bertz CT molecular complexity index is 1180. The quantitative estimate of drug-likeness (QED) is 0.420. The topological polar surface area (TPSA) is 31.5 Å². The monoisotopic (exact) mass is 489 g/mol. The van der Waals surface area contributed by atoms with Crippen molar-refractivity contribution in [2.24, 2.45) is 0 Å². The van der Waals surface area contributed by atoms with Gasteiger partial charge >= 0.3 is 0 Å². The maximum atomic E-state index is 15.6. The van der Waals surface area contributed by atoms with Gasteiger partial charge in [-0.3, -0.25) is 14.2 Å². The van der Waals surface area contributed by atoms with Crippen LogP contribution in [0.5, 0.6) is 5.75 Å². The number of H-pyrrole nitrogens is 1. The number of aromatic amines is 1. The van der Waals surface area contributed by atoms with Gasteiger partial charge in [-0.15, -0.1) is 0 Å². The molecular formula is C27H31F4N3O. The molecule has 0 saturated carbocycles. The molecule has 5 rings (SSSR count). The van der Waals surface area contributed by atoms with Gasteiger partial charge in [0, 0.05) is 67.0 Å². The first-order valence-electron chi connectivity index (χ1n) is 12.2. The number of nitrogens with one attached hydrogen (secondary N) is 1. The minimum absolute atomic E-state index is 0.0421. The molecule has 0 amide bonds. The summed E-state index contributed by atoms with van der Waals surface area (Å²) in [5.74, 6) is -1.30. The van der Waals surface area contributed by atoms with Crippen LogP contribution >= 0.6 is 0 Å². The normalized spacial score (nSPS) is 19.7. The SMILES string of the molecule is CC(C)(F)CN1CCc2c([nH]c3ccccc23)C1c1c(F)cc(OC2CN(CCCF)C2)cc1F. The lowest BCUT2D eigenvalue weighted by atomic mass is 9.90. The van der Waals surface area contributed by atoms with Crippen molar-refractivity contribution in [3.8, 4) is 5.75 Å². The summed E-state index contributed by atoms with van der Waals surface area (Å²) >= 11 is 0. The molecule has 1 N–H and O–H groups in total. The van der Waals surface area contributed by atoms with Gasteiger partial charge in [0.1, 0.15) is 29.2 Å². The highest BCUT2D eigenvalue weighted by Crippen LogP contribution is 2.42. The number of halogens is 4. The van der Waals surface area contributed by atoms with Crippen molar-refractivity contribution in [1.82, 2.24) is 14.8 Å².